The summed E-state index contributed by atoms with van der Waals surface area (Å²) in [6, 6.07) is 14.6. The zero-order valence-electron chi connectivity index (χ0n) is 11.0. The number of esters is 2. The van der Waals surface area contributed by atoms with E-state index in [0.29, 0.717) is 0 Å². The summed E-state index contributed by atoms with van der Waals surface area (Å²) < 4.78 is 6.69. The fourth-order valence-corrected chi connectivity index (χ4v) is 2.27. The maximum absolute atomic E-state index is 11.7. The van der Waals surface area contributed by atoms with Crippen LogP contribution in [0.1, 0.15) is 11.1 Å². The Balaban J connectivity index is 1.85. The molecule has 5 heteroatoms. The maximum atomic E-state index is 11.7. The van der Waals surface area contributed by atoms with E-state index in [1.807, 2.05) is 48.5 Å². The Morgan fingerprint density at radius 3 is 1.38 bits per heavy atom. The van der Waals surface area contributed by atoms with Crippen LogP contribution in [-0.4, -0.2) is 11.9 Å². The molecule has 3 nitrogen and oxygen atoms in total. The van der Waals surface area contributed by atoms with Gasteiger partial charge < -0.3 is 4.74 Å². The van der Waals surface area contributed by atoms with E-state index in [4.69, 9.17) is 4.74 Å². The molecule has 0 unspecified atom stereocenters. The summed E-state index contributed by atoms with van der Waals surface area (Å²) in [5, 5.41) is 0. The molecule has 108 valence electrons. The van der Waals surface area contributed by atoms with Gasteiger partial charge in [0.2, 0.25) is 0 Å². The van der Waals surface area contributed by atoms with E-state index in [-0.39, 0.29) is 12.8 Å². The van der Waals surface area contributed by atoms with Crippen LogP contribution >= 0.6 is 31.9 Å². The van der Waals surface area contributed by atoms with Crippen molar-refractivity contribution < 1.29 is 14.3 Å². The summed E-state index contributed by atoms with van der Waals surface area (Å²) in [5.41, 5.74) is 1.61. The molecule has 0 N–H and O–H groups in total. The highest BCUT2D eigenvalue weighted by atomic mass is 79.9. The lowest BCUT2D eigenvalue weighted by Gasteiger charge is -2.04. The van der Waals surface area contributed by atoms with Gasteiger partial charge in [0.15, 0.2) is 0 Å². The Morgan fingerprint density at radius 1 is 0.714 bits per heavy atom. The first-order valence-electron chi connectivity index (χ1n) is 6.25. The second-order valence-electron chi connectivity index (χ2n) is 4.45. The number of rotatable bonds is 4. The topological polar surface area (TPSA) is 43.4 Å². The highest BCUT2D eigenvalue weighted by Gasteiger charge is 2.12. The van der Waals surface area contributed by atoms with Gasteiger partial charge in [-0.3, -0.25) is 9.59 Å². The van der Waals surface area contributed by atoms with Crippen molar-refractivity contribution in [3.8, 4) is 0 Å². The Morgan fingerprint density at radius 2 is 1.05 bits per heavy atom. The third kappa shape index (κ3) is 5.44. The molecule has 0 saturated carbocycles. The second kappa shape index (κ2) is 7.52. The minimum atomic E-state index is -0.542. The molecule has 0 fully saturated rings. The monoisotopic (exact) mass is 410 g/mol. The molecule has 0 amide bonds. The van der Waals surface area contributed by atoms with Crippen molar-refractivity contribution in [2.75, 3.05) is 0 Å². The molecule has 0 aromatic heterocycles. The summed E-state index contributed by atoms with van der Waals surface area (Å²) >= 11 is 6.64. The number of benzene rings is 2. The minimum absolute atomic E-state index is 0.0827. The van der Waals surface area contributed by atoms with Crippen molar-refractivity contribution in [3.63, 3.8) is 0 Å². The van der Waals surface area contributed by atoms with Crippen LogP contribution in [0.3, 0.4) is 0 Å². The lowest BCUT2D eigenvalue weighted by molar-refractivity contribution is -0.158. The van der Waals surface area contributed by atoms with Gasteiger partial charge >= 0.3 is 11.9 Å². The third-order valence-corrected chi connectivity index (χ3v) is 3.81. The molecular weight excluding hydrogens is 400 g/mol. The molecule has 0 radical (unpaired) electrons. The zero-order valence-corrected chi connectivity index (χ0v) is 14.2. The first-order valence-corrected chi connectivity index (χ1v) is 7.84. The Labute approximate surface area is 139 Å². The molecule has 0 aliphatic rings. The molecule has 0 atom stereocenters. The smallest absolute Gasteiger partial charge is 0.317 e. The van der Waals surface area contributed by atoms with Gasteiger partial charge in [0, 0.05) is 8.95 Å². The van der Waals surface area contributed by atoms with Crippen molar-refractivity contribution in [1.29, 1.82) is 0 Å². The predicted molar refractivity (Wildman–Crippen MR) is 86.8 cm³/mol. The highest BCUT2D eigenvalue weighted by molar-refractivity contribution is 9.10. The van der Waals surface area contributed by atoms with Crippen LogP contribution in [0.2, 0.25) is 0 Å². The molecular formula is C16H12Br2O3. The minimum Gasteiger partial charge on any atom is -0.393 e. The number of carbonyl (C=O) groups excluding carboxylic acids is 2. The first kappa shape index (κ1) is 15.9. The summed E-state index contributed by atoms with van der Waals surface area (Å²) in [4.78, 5) is 23.4. The van der Waals surface area contributed by atoms with Gasteiger partial charge in [-0.05, 0) is 35.4 Å². The summed E-state index contributed by atoms with van der Waals surface area (Å²) in [6.07, 6.45) is 0.165. The number of halogens is 2. The number of hydrogen-bond acceptors (Lipinski definition) is 3. The molecule has 2 aromatic rings. The lowest BCUT2D eigenvalue weighted by Crippen LogP contribution is -2.16. The largest absolute Gasteiger partial charge is 0.393 e. The first-order chi connectivity index (χ1) is 10.0. The van der Waals surface area contributed by atoms with Gasteiger partial charge in [0.05, 0.1) is 12.8 Å². The Kier molecular flexibility index (Phi) is 5.70. The van der Waals surface area contributed by atoms with Crippen molar-refractivity contribution >= 4 is 43.8 Å². The number of carbonyl (C=O) groups is 2. The van der Waals surface area contributed by atoms with Gasteiger partial charge in [-0.15, -0.1) is 0 Å². The molecule has 21 heavy (non-hydrogen) atoms. The summed E-state index contributed by atoms with van der Waals surface area (Å²) in [7, 11) is 0. The molecule has 0 bridgehead atoms. The molecule has 0 saturated heterocycles. The summed E-state index contributed by atoms with van der Waals surface area (Å²) in [6.45, 7) is 0. The quantitative estimate of drug-likeness (QED) is 0.562. The standard InChI is InChI=1S/C16H12Br2O3/c17-13-5-1-11(2-6-13)9-15(19)21-16(20)10-12-3-7-14(18)8-4-12/h1-8H,9-10H2. The van der Waals surface area contributed by atoms with Crippen LogP contribution in [0.25, 0.3) is 0 Å². The van der Waals surface area contributed by atoms with Crippen LogP contribution in [0, 0.1) is 0 Å². The van der Waals surface area contributed by atoms with Crippen LogP contribution in [0.15, 0.2) is 57.5 Å². The average molecular weight is 412 g/mol. The predicted octanol–water partition coefficient (Wildman–Crippen LogP) is 4.07. The van der Waals surface area contributed by atoms with Gasteiger partial charge in [-0.1, -0.05) is 56.1 Å². The highest BCUT2D eigenvalue weighted by Crippen LogP contribution is 2.13. The zero-order chi connectivity index (χ0) is 15.2. The molecule has 2 rings (SSSR count). The normalized spacial score (nSPS) is 10.2. The van der Waals surface area contributed by atoms with E-state index in [9.17, 15) is 9.59 Å². The number of ether oxygens (including phenoxy) is 1. The summed E-state index contributed by atoms with van der Waals surface area (Å²) in [5.74, 6) is -1.08. The number of hydrogen-bond donors (Lipinski definition) is 0. The van der Waals surface area contributed by atoms with Crippen molar-refractivity contribution in [2.45, 2.75) is 12.8 Å². The SMILES string of the molecule is O=C(Cc1ccc(Br)cc1)OC(=O)Cc1ccc(Br)cc1. The maximum Gasteiger partial charge on any atom is 0.317 e. The van der Waals surface area contributed by atoms with Gasteiger partial charge in [0.25, 0.3) is 0 Å². The van der Waals surface area contributed by atoms with Crippen LogP contribution in [0.5, 0.6) is 0 Å². The second-order valence-corrected chi connectivity index (χ2v) is 6.28. The molecule has 0 heterocycles. The van der Waals surface area contributed by atoms with E-state index in [2.05, 4.69) is 31.9 Å². The van der Waals surface area contributed by atoms with Crippen molar-refractivity contribution in [1.82, 2.24) is 0 Å². The van der Waals surface area contributed by atoms with E-state index in [0.717, 1.165) is 20.1 Å². The van der Waals surface area contributed by atoms with Crippen LogP contribution < -0.4 is 0 Å². The third-order valence-electron chi connectivity index (χ3n) is 2.75. The Hall–Kier alpha value is -1.46. The van der Waals surface area contributed by atoms with Gasteiger partial charge in [-0.25, -0.2) is 0 Å². The average Bonchev–Trinajstić information content (AvgIpc) is 2.44. The molecule has 0 spiro atoms. The van der Waals surface area contributed by atoms with E-state index in [1.165, 1.54) is 0 Å². The van der Waals surface area contributed by atoms with Crippen molar-refractivity contribution in [2.24, 2.45) is 0 Å². The van der Waals surface area contributed by atoms with E-state index < -0.39 is 11.9 Å². The Bertz CT molecular complexity index is 576. The fraction of sp³-hybridized carbons (Fsp3) is 0.125. The lowest BCUT2D eigenvalue weighted by atomic mass is 10.1. The molecule has 0 aliphatic heterocycles. The molecule has 0 aliphatic carbocycles. The van der Waals surface area contributed by atoms with Crippen molar-refractivity contribution in [3.05, 3.63) is 68.6 Å². The molecule has 2 aromatic carbocycles. The van der Waals surface area contributed by atoms with Gasteiger partial charge in [0.1, 0.15) is 0 Å². The van der Waals surface area contributed by atoms with Gasteiger partial charge in [-0.2, -0.15) is 0 Å². The van der Waals surface area contributed by atoms with Crippen LogP contribution in [0.4, 0.5) is 0 Å². The van der Waals surface area contributed by atoms with E-state index in [1.54, 1.807) is 0 Å². The van der Waals surface area contributed by atoms with E-state index >= 15 is 0 Å². The van der Waals surface area contributed by atoms with Crippen LogP contribution in [-0.2, 0) is 27.2 Å². The fourth-order valence-electron chi connectivity index (χ4n) is 1.74.